The number of hydrogen-bond donors (Lipinski definition) is 1. The van der Waals surface area contributed by atoms with E-state index < -0.39 is 0 Å². The van der Waals surface area contributed by atoms with Crippen LogP contribution in [0.3, 0.4) is 0 Å². The van der Waals surface area contributed by atoms with Gasteiger partial charge in [-0.3, -0.25) is 14.2 Å². The first-order valence-corrected chi connectivity index (χ1v) is 10.4. The standard InChI is InChI=1S/C25H26N4O2/c1-16-10-11-20(14-17(16)2)26-22(30)12-13-28-23(31)15-18(3)24-19(4)27-29(25(24)28)21-8-6-5-7-9-21/h5-11,14-15H,12-13H2,1-4H3,(H,26,30). The summed E-state index contributed by atoms with van der Waals surface area (Å²) < 4.78 is 3.44. The molecule has 2 aromatic carbocycles. The summed E-state index contributed by atoms with van der Waals surface area (Å²) >= 11 is 0. The summed E-state index contributed by atoms with van der Waals surface area (Å²) in [6.45, 7) is 8.18. The lowest BCUT2D eigenvalue weighted by atomic mass is 10.1. The van der Waals surface area contributed by atoms with Crippen molar-refractivity contribution in [3.63, 3.8) is 0 Å². The lowest BCUT2D eigenvalue weighted by molar-refractivity contribution is -0.116. The van der Waals surface area contributed by atoms with Crippen LogP contribution in [0, 0.1) is 27.7 Å². The van der Waals surface area contributed by atoms with E-state index in [1.165, 1.54) is 5.56 Å². The highest BCUT2D eigenvalue weighted by atomic mass is 16.2. The molecule has 1 amide bonds. The van der Waals surface area contributed by atoms with Crippen LogP contribution in [0.5, 0.6) is 0 Å². The molecule has 0 saturated carbocycles. The Bertz CT molecular complexity index is 1330. The maximum absolute atomic E-state index is 12.9. The molecule has 4 rings (SSSR count). The number of nitrogens with one attached hydrogen (secondary N) is 1. The van der Waals surface area contributed by atoms with E-state index in [1.54, 1.807) is 15.3 Å². The number of para-hydroxylation sites is 1. The number of carbonyl (C=O) groups excluding carboxylic acids is 1. The molecule has 6 heteroatoms. The van der Waals surface area contributed by atoms with Crippen molar-refractivity contribution in [2.24, 2.45) is 0 Å². The zero-order chi connectivity index (χ0) is 22.1. The fourth-order valence-corrected chi connectivity index (χ4v) is 3.89. The van der Waals surface area contributed by atoms with Gasteiger partial charge in [0, 0.05) is 30.1 Å². The Hall–Kier alpha value is -3.67. The van der Waals surface area contributed by atoms with Gasteiger partial charge in [-0.2, -0.15) is 5.10 Å². The third-order valence-corrected chi connectivity index (χ3v) is 5.65. The summed E-state index contributed by atoms with van der Waals surface area (Å²) in [6, 6.07) is 17.2. The Labute approximate surface area is 181 Å². The number of hydrogen-bond acceptors (Lipinski definition) is 3. The fourth-order valence-electron chi connectivity index (χ4n) is 3.89. The molecule has 0 aliphatic carbocycles. The summed E-state index contributed by atoms with van der Waals surface area (Å²) in [5, 5.41) is 8.57. The minimum Gasteiger partial charge on any atom is -0.326 e. The van der Waals surface area contributed by atoms with E-state index in [0.29, 0.717) is 5.65 Å². The van der Waals surface area contributed by atoms with Crippen LogP contribution in [0.1, 0.15) is 28.8 Å². The summed E-state index contributed by atoms with van der Waals surface area (Å²) in [4.78, 5) is 25.5. The molecule has 158 valence electrons. The molecule has 0 radical (unpaired) electrons. The molecule has 0 atom stereocenters. The topological polar surface area (TPSA) is 68.9 Å². The number of nitrogens with zero attached hydrogens (tertiary/aromatic N) is 3. The van der Waals surface area contributed by atoms with Crippen LogP contribution in [0.15, 0.2) is 59.4 Å². The van der Waals surface area contributed by atoms with Crippen molar-refractivity contribution in [2.45, 2.75) is 40.7 Å². The third kappa shape index (κ3) is 4.01. The first kappa shape index (κ1) is 20.6. The minimum atomic E-state index is -0.138. The molecular formula is C25H26N4O2. The van der Waals surface area contributed by atoms with Gasteiger partial charge in [0.15, 0.2) is 0 Å². The van der Waals surface area contributed by atoms with Crippen LogP contribution in [0.25, 0.3) is 16.7 Å². The van der Waals surface area contributed by atoms with Crippen molar-refractivity contribution in [1.82, 2.24) is 14.3 Å². The van der Waals surface area contributed by atoms with Crippen molar-refractivity contribution in [1.29, 1.82) is 0 Å². The Kier molecular flexibility index (Phi) is 5.46. The van der Waals surface area contributed by atoms with Gasteiger partial charge in [0.1, 0.15) is 5.65 Å². The highest BCUT2D eigenvalue weighted by molar-refractivity contribution is 5.91. The second kappa shape index (κ2) is 8.22. The smallest absolute Gasteiger partial charge is 0.252 e. The maximum Gasteiger partial charge on any atom is 0.252 e. The van der Waals surface area contributed by atoms with Gasteiger partial charge < -0.3 is 5.32 Å². The Morgan fingerprint density at radius 3 is 2.39 bits per heavy atom. The Morgan fingerprint density at radius 2 is 1.68 bits per heavy atom. The molecule has 6 nitrogen and oxygen atoms in total. The summed E-state index contributed by atoms with van der Waals surface area (Å²) in [5.41, 5.74) is 6.25. The average molecular weight is 415 g/mol. The lowest BCUT2D eigenvalue weighted by Gasteiger charge is -2.13. The van der Waals surface area contributed by atoms with E-state index in [4.69, 9.17) is 5.10 Å². The number of fused-ring (bicyclic) bond motifs is 1. The number of aryl methyl sites for hydroxylation is 5. The molecule has 2 aromatic heterocycles. The molecule has 0 fully saturated rings. The van der Waals surface area contributed by atoms with Crippen molar-refractivity contribution >= 4 is 22.6 Å². The van der Waals surface area contributed by atoms with Crippen LogP contribution < -0.4 is 10.9 Å². The van der Waals surface area contributed by atoms with Crippen molar-refractivity contribution in [3.8, 4) is 5.69 Å². The van der Waals surface area contributed by atoms with Gasteiger partial charge in [-0.1, -0.05) is 24.3 Å². The highest BCUT2D eigenvalue weighted by Crippen LogP contribution is 2.24. The number of rotatable bonds is 5. The molecule has 0 unspecified atom stereocenters. The largest absolute Gasteiger partial charge is 0.326 e. The predicted molar refractivity (Wildman–Crippen MR) is 124 cm³/mol. The minimum absolute atomic E-state index is 0.133. The first-order valence-electron chi connectivity index (χ1n) is 10.4. The van der Waals surface area contributed by atoms with E-state index >= 15 is 0 Å². The predicted octanol–water partition coefficient (Wildman–Crippen LogP) is 4.45. The highest BCUT2D eigenvalue weighted by Gasteiger charge is 2.17. The number of benzene rings is 2. The number of aromatic nitrogens is 3. The summed E-state index contributed by atoms with van der Waals surface area (Å²) in [7, 11) is 0. The quantitative estimate of drug-likeness (QED) is 0.525. The molecule has 0 bridgehead atoms. The van der Waals surface area contributed by atoms with Gasteiger partial charge >= 0.3 is 0 Å². The zero-order valence-electron chi connectivity index (χ0n) is 18.3. The number of pyridine rings is 1. The SMILES string of the molecule is Cc1ccc(NC(=O)CCn2c(=O)cc(C)c3c(C)nn(-c4ccccc4)c32)cc1C. The first-order chi connectivity index (χ1) is 14.8. The third-order valence-electron chi connectivity index (χ3n) is 5.65. The normalized spacial score (nSPS) is 11.1. The van der Waals surface area contributed by atoms with Crippen LogP contribution >= 0.6 is 0 Å². The summed E-state index contributed by atoms with van der Waals surface area (Å²) in [6.07, 6.45) is 0.185. The molecule has 2 heterocycles. The van der Waals surface area contributed by atoms with Crippen molar-refractivity contribution in [2.75, 3.05) is 5.32 Å². The van der Waals surface area contributed by atoms with E-state index in [-0.39, 0.29) is 24.4 Å². The van der Waals surface area contributed by atoms with E-state index in [9.17, 15) is 9.59 Å². The zero-order valence-corrected chi connectivity index (χ0v) is 18.3. The molecule has 31 heavy (non-hydrogen) atoms. The lowest BCUT2D eigenvalue weighted by Crippen LogP contribution is -2.25. The van der Waals surface area contributed by atoms with Crippen LogP contribution in [0.2, 0.25) is 0 Å². The molecule has 0 aliphatic rings. The van der Waals surface area contributed by atoms with Gasteiger partial charge in [-0.15, -0.1) is 0 Å². The molecule has 4 aromatic rings. The van der Waals surface area contributed by atoms with Crippen LogP contribution in [-0.4, -0.2) is 20.3 Å². The molecular weight excluding hydrogens is 388 g/mol. The van der Waals surface area contributed by atoms with Gasteiger partial charge in [-0.25, -0.2) is 4.68 Å². The van der Waals surface area contributed by atoms with Crippen molar-refractivity contribution < 1.29 is 4.79 Å². The molecule has 0 spiro atoms. The van der Waals surface area contributed by atoms with E-state index in [0.717, 1.165) is 33.6 Å². The second-order valence-electron chi connectivity index (χ2n) is 7.95. The van der Waals surface area contributed by atoms with Crippen LogP contribution in [-0.2, 0) is 11.3 Å². The maximum atomic E-state index is 12.9. The van der Waals surface area contributed by atoms with Crippen molar-refractivity contribution in [3.05, 3.63) is 87.3 Å². The van der Waals surface area contributed by atoms with Gasteiger partial charge in [0.2, 0.25) is 5.91 Å². The fraction of sp³-hybridized carbons (Fsp3) is 0.240. The van der Waals surface area contributed by atoms with Gasteiger partial charge in [0.25, 0.3) is 5.56 Å². The number of amides is 1. The Morgan fingerprint density at radius 1 is 0.935 bits per heavy atom. The summed E-state index contributed by atoms with van der Waals surface area (Å²) in [5.74, 6) is -0.133. The van der Waals surface area contributed by atoms with E-state index in [1.807, 2.05) is 76.2 Å². The molecule has 0 aliphatic heterocycles. The molecule has 1 N–H and O–H groups in total. The number of anilines is 1. The monoisotopic (exact) mass is 414 g/mol. The Balaban J connectivity index is 1.68. The molecule has 0 saturated heterocycles. The number of carbonyl (C=O) groups is 1. The van der Waals surface area contributed by atoms with Crippen LogP contribution in [0.4, 0.5) is 5.69 Å². The van der Waals surface area contributed by atoms with E-state index in [2.05, 4.69) is 5.32 Å². The van der Waals surface area contributed by atoms with Gasteiger partial charge in [0.05, 0.1) is 11.4 Å². The van der Waals surface area contributed by atoms with Gasteiger partial charge in [-0.05, 0) is 68.7 Å². The second-order valence-corrected chi connectivity index (χ2v) is 7.95. The average Bonchev–Trinajstić information content (AvgIpc) is 3.09.